The van der Waals surface area contributed by atoms with Gasteiger partial charge in [-0.05, 0) is 75.0 Å². The molecule has 0 saturated carbocycles. The summed E-state index contributed by atoms with van der Waals surface area (Å²) in [5.41, 5.74) is 1.77. The van der Waals surface area contributed by atoms with Gasteiger partial charge in [-0.25, -0.2) is 0 Å². The topological polar surface area (TPSA) is 79.5 Å². The first-order chi connectivity index (χ1) is 13.8. The molecule has 8 heteroatoms. The quantitative estimate of drug-likeness (QED) is 0.483. The van der Waals surface area contributed by atoms with Crippen molar-refractivity contribution in [2.24, 2.45) is 0 Å². The number of benzene rings is 2. The van der Waals surface area contributed by atoms with Gasteiger partial charge in [0.1, 0.15) is 5.75 Å². The van der Waals surface area contributed by atoms with E-state index < -0.39 is 0 Å². The molecular weight excluding hydrogens is 454 g/mol. The number of hydrogen-bond donors (Lipinski definition) is 3. The van der Waals surface area contributed by atoms with Crippen LogP contribution in [-0.2, 0) is 4.79 Å². The van der Waals surface area contributed by atoms with Crippen LogP contribution in [0, 0.1) is 0 Å². The summed E-state index contributed by atoms with van der Waals surface area (Å²) < 4.78 is 6.47. The van der Waals surface area contributed by atoms with Crippen LogP contribution in [0.15, 0.2) is 46.9 Å². The zero-order valence-electron chi connectivity index (χ0n) is 16.5. The SMILES string of the molecule is CCCC(=O)Nc1ccc(NC(=S)NC(=O)c2cc(Br)ccc2OC(C)C)cc1. The number of anilines is 2. The zero-order valence-corrected chi connectivity index (χ0v) is 18.9. The molecule has 2 rings (SSSR count). The standard InChI is InChI=1S/C21H24BrN3O3S/c1-4-5-19(26)23-15-7-9-16(10-8-15)24-21(29)25-20(27)17-12-14(22)6-11-18(17)28-13(2)3/h6-13H,4-5H2,1-3H3,(H,23,26)(H2,24,25,27,29). The van der Waals surface area contributed by atoms with Gasteiger partial charge in [0.25, 0.3) is 5.91 Å². The molecule has 0 atom stereocenters. The first kappa shape index (κ1) is 22.8. The smallest absolute Gasteiger partial charge is 0.261 e. The third-order valence-corrected chi connectivity index (χ3v) is 4.38. The van der Waals surface area contributed by atoms with Gasteiger partial charge in [0, 0.05) is 22.3 Å². The van der Waals surface area contributed by atoms with Crippen LogP contribution in [0.5, 0.6) is 5.75 Å². The highest BCUT2D eigenvalue weighted by Crippen LogP contribution is 2.24. The minimum Gasteiger partial charge on any atom is -0.490 e. The van der Waals surface area contributed by atoms with Gasteiger partial charge in [-0.3, -0.25) is 14.9 Å². The number of carbonyl (C=O) groups is 2. The molecule has 2 aromatic rings. The molecule has 0 unspecified atom stereocenters. The largest absolute Gasteiger partial charge is 0.490 e. The second kappa shape index (κ2) is 10.9. The van der Waals surface area contributed by atoms with Gasteiger partial charge in [-0.15, -0.1) is 0 Å². The maximum absolute atomic E-state index is 12.6. The average molecular weight is 478 g/mol. The van der Waals surface area contributed by atoms with Gasteiger partial charge in [0.2, 0.25) is 5.91 Å². The van der Waals surface area contributed by atoms with E-state index in [1.54, 1.807) is 36.4 Å². The van der Waals surface area contributed by atoms with Gasteiger partial charge >= 0.3 is 0 Å². The number of halogens is 1. The van der Waals surface area contributed by atoms with Crippen molar-refractivity contribution >= 4 is 56.4 Å². The zero-order chi connectivity index (χ0) is 21.4. The van der Waals surface area contributed by atoms with Crippen molar-refractivity contribution in [3.05, 3.63) is 52.5 Å². The van der Waals surface area contributed by atoms with E-state index in [-0.39, 0.29) is 23.0 Å². The summed E-state index contributed by atoms with van der Waals surface area (Å²) in [7, 11) is 0. The number of carbonyl (C=O) groups excluding carboxylic acids is 2. The number of amides is 2. The minimum absolute atomic E-state index is 0.0237. The van der Waals surface area contributed by atoms with E-state index in [0.717, 1.165) is 10.9 Å². The van der Waals surface area contributed by atoms with Gasteiger partial charge in [0.05, 0.1) is 11.7 Å². The van der Waals surface area contributed by atoms with Crippen LogP contribution < -0.4 is 20.7 Å². The van der Waals surface area contributed by atoms with Crippen molar-refractivity contribution < 1.29 is 14.3 Å². The predicted molar refractivity (Wildman–Crippen MR) is 124 cm³/mol. The number of ether oxygens (including phenoxy) is 1. The molecule has 0 spiro atoms. The van der Waals surface area contributed by atoms with Crippen molar-refractivity contribution in [2.75, 3.05) is 10.6 Å². The monoisotopic (exact) mass is 477 g/mol. The first-order valence-electron chi connectivity index (χ1n) is 9.27. The Labute approximate surface area is 184 Å². The first-order valence-corrected chi connectivity index (χ1v) is 10.5. The number of thiocarbonyl (C=S) groups is 1. The van der Waals surface area contributed by atoms with Gasteiger partial charge in [-0.1, -0.05) is 22.9 Å². The van der Waals surface area contributed by atoms with E-state index in [4.69, 9.17) is 17.0 Å². The van der Waals surface area contributed by atoms with Crippen molar-refractivity contribution in [2.45, 2.75) is 39.7 Å². The van der Waals surface area contributed by atoms with Crippen LogP contribution in [-0.4, -0.2) is 23.0 Å². The highest BCUT2D eigenvalue weighted by Gasteiger charge is 2.16. The lowest BCUT2D eigenvalue weighted by Gasteiger charge is -2.15. The number of hydrogen-bond acceptors (Lipinski definition) is 4. The Hall–Kier alpha value is -2.45. The summed E-state index contributed by atoms with van der Waals surface area (Å²) >= 11 is 8.62. The van der Waals surface area contributed by atoms with Gasteiger partial charge in [-0.2, -0.15) is 0 Å². The molecule has 0 heterocycles. The Balaban J connectivity index is 1.99. The second-order valence-corrected chi connectivity index (χ2v) is 7.91. The molecule has 0 bridgehead atoms. The van der Waals surface area contributed by atoms with E-state index in [0.29, 0.717) is 29.1 Å². The molecule has 0 saturated heterocycles. The fourth-order valence-corrected chi connectivity index (χ4v) is 3.03. The summed E-state index contributed by atoms with van der Waals surface area (Å²) in [6, 6.07) is 12.3. The predicted octanol–water partition coefficient (Wildman–Crippen LogP) is 5.10. The van der Waals surface area contributed by atoms with E-state index in [9.17, 15) is 9.59 Å². The lowest BCUT2D eigenvalue weighted by molar-refractivity contribution is -0.116. The molecule has 0 aliphatic carbocycles. The maximum Gasteiger partial charge on any atom is 0.261 e. The van der Waals surface area contributed by atoms with Crippen LogP contribution in [0.3, 0.4) is 0 Å². The van der Waals surface area contributed by atoms with E-state index in [1.165, 1.54) is 0 Å². The van der Waals surface area contributed by atoms with Crippen LogP contribution in [0.2, 0.25) is 0 Å². The normalized spacial score (nSPS) is 10.4. The molecule has 154 valence electrons. The highest BCUT2D eigenvalue weighted by atomic mass is 79.9. The summed E-state index contributed by atoms with van der Waals surface area (Å²) in [6.45, 7) is 5.74. The third kappa shape index (κ3) is 7.47. The number of rotatable bonds is 7. The summed E-state index contributed by atoms with van der Waals surface area (Å²) in [5.74, 6) is 0.0861. The molecule has 0 fully saturated rings. The Morgan fingerprint density at radius 3 is 2.28 bits per heavy atom. The van der Waals surface area contributed by atoms with Gasteiger partial charge in [0.15, 0.2) is 5.11 Å². The average Bonchev–Trinajstić information content (AvgIpc) is 2.64. The highest BCUT2D eigenvalue weighted by molar-refractivity contribution is 9.10. The summed E-state index contributed by atoms with van der Waals surface area (Å²) in [6.07, 6.45) is 1.21. The Morgan fingerprint density at radius 1 is 1.07 bits per heavy atom. The summed E-state index contributed by atoms with van der Waals surface area (Å²) in [4.78, 5) is 24.3. The lowest BCUT2D eigenvalue weighted by Crippen LogP contribution is -2.34. The van der Waals surface area contributed by atoms with Crippen molar-refractivity contribution in [1.29, 1.82) is 0 Å². The van der Waals surface area contributed by atoms with Crippen molar-refractivity contribution in [3.8, 4) is 5.75 Å². The fraction of sp³-hybridized carbons (Fsp3) is 0.286. The van der Waals surface area contributed by atoms with Crippen LogP contribution >= 0.6 is 28.1 Å². The second-order valence-electron chi connectivity index (χ2n) is 6.59. The van der Waals surface area contributed by atoms with Crippen molar-refractivity contribution in [1.82, 2.24) is 5.32 Å². The fourth-order valence-electron chi connectivity index (χ4n) is 2.46. The Morgan fingerprint density at radius 2 is 1.69 bits per heavy atom. The Bertz CT molecular complexity index is 885. The maximum atomic E-state index is 12.6. The molecule has 2 amide bonds. The molecular formula is C21H24BrN3O3S. The minimum atomic E-state index is -0.372. The Kier molecular flexibility index (Phi) is 8.60. The number of nitrogens with one attached hydrogen (secondary N) is 3. The molecule has 0 aliphatic heterocycles. The van der Waals surface area contributed by atoms with E-state index in [1.807, 2.05) is 26.8 Å². The van der Waals surface area contributed by atoms with Crippen LogP contribution in [0.1, 0.15) is 44.0 Å². The van der Waals surface area contributed by atoms with Crippen molar-refractivity contribution in [3.63, 3.8) is 0 Å². The van der Waals surface area contributed by atoms with Gasteiger partial charge < -0.3 is 15.4 Å². The molecule has 0 aliphatic rings. The van der Waals surface area contributed by atoms with E-state index in [2.05, 4.69) is 31.9 Å². The molecule has 6 nitrogen and oxygen atoms in total. The molecule has 3 N–H and O–H groups in total. The third-order valence-electron chi connectivity index (χ3n) is 3.68. The van der Waals surface area contributed by atoms with E-state index >= 15 is 0 Å². The van der Waals surface area contributed by atoms with Crippen LogP contribution in [0.25, 0.3) is 0 Å². The molecule has 0 aromatic heterocycles. The van der Waals surface area contributed by atoms with Crippen LogP contribution in [0.4, 0.5) is 11.4 Å². The summed E-state index contributed by atoms with van der Waals surface area (Å²) in [5, 5.41) is 8.59. The molecule has 0 radical (unpaired) electrons. The molecule has 2 aromatic carbocycles. The lowest BCUT2D eigenvalue weighted by atomic mass is 10.2. The molecule has 29 heavy (non-hydrogen) atoms.